The van der Waals surface area contributed by atoms with Gasteiger partial charge in [0.25, 0.3) is 0 Å². The van der Waals surface area contributed by atoms with Gasteiger partial charge in [0.1, 0.15) is 11.4 Å². The average molecular weight is 320 g/mol. The number of hydrogen-bond acceptors (Lipinski definition) is 2. The Bertz CT molecular complexity index is 599. The number of fused-ring (bicyclic) bond motifs is 1. The quantitative estimate of drug-likeness (QED) is 0.721. The maximum absolute atomic E-state index is 12.8. The molecule has 0 aliphatic carbocycles. The third-order valence-electron chi connectivity index (χ3n) is 2.49. The minimum absolute atomic E-state index is 0.174. The minimum Gasteiger partial charge on any atom is -0.493 e. The smallest absolute Gasteiger partial charge is 0.433 e. The highest BCUT2D eigenvalue weighted by atomic mass is 35.5. The number of rotatable bonds is 3. The lowest BCUT2D eigenvalue weighted by atomic mass is 10.1. The minimum atomic E-state index is -4.51. The van der Waals surface area contributed by atoms with Crippen molar-refractivity contribution >= 4 is 22.5 Å². The summed E-state index contributed by atoms with van der Waals surface area (Å²) in [6.07, 6.45) is -3.81. The van der Waals surface area contributed by atoms with Crippen molar-refractivity contribution in [3.05, 3.63) is 35.0 Å². The van der Waals surface area contributed by atoms with Crippen LogP contribution in [0.4, 0.5) is 13.2 Å². The second-order valence-electron chi connectivity index (χ2n) is 4.01. The predicted octanol–water partition coefficient (Wildman–Crippen LogP) is 5.72. The van der Waals surface area contributed by atoms with E-state index < -0.39 is 11.9 Å². The van der Waals surface area contributed by atoms with Crippen LogP contribution >= 0.6 is 11.6 Å². The molecular formula is C15H17ClF3NO. The zero-order valence-corrected chi connectivity index (χ0v) is 12.8. The zero-order chi connectivity index (χ0) is 16.0. The van der Waals surface area contributed by atoms with Crippen LogP contribution in [0.5, 0.6) is 5.75 Å². The van der Waals surface area contributed by atoms with E-state index in [9.17, 15) is 13.2 Å². The van der Waals surface area contributed by atoms with E-state index >= 15 is 0 Å². The highest BCUT2D eigenvalue weighted by Gasteiger charge is 2.33. The largest absolute Gasteiger partial charge is 0.493 e. The Balaban J connectivity index is 0.00000106. The monoisotopic (exact) mass is 319 g/mol. The van der Waals surface area contributed by atoms with Crippen LogP contribution in [0.15, 0.2) is 24.3 Å². The normalized spacial score (nSPS) is 11.0. The molecule has 1 aromatic carbocycles. The van der Waals surface area contributed by atoms with E-state index in [-0.39, 0.29) is 11.3 Å². The van der Waals surface area contributed by atoms with Gasteiger partial charge in [-0.3, -0.25) is 0 Å². The van der Waals surface area contributed by atoms with Crippen molar-refractivity contribution in [3.8, 4) is 5.75 Å². The number of halogens is 4. The molecule has 0 aliphatic heterocycles. The molecule has 0 saturated heterocycles. The van der Waals surface area contributed by atoms with Gasteiger partial charge >= 0.3 is 6.18 Å². The Morgan fingerprint density at radius 3 is 2.43 bits per heavy atom. The summed E-state index contributed by atoms with van der Waals surface area (Å²) in [7, 11) is 0. The molecule has 0 N–H and O–H groups in total. The fraction of sp³-hybridized carbons (Fsp3) is 0.400. The lowest BCUT2D eigenvalue weighted by Gasteiger charge is -2.12. The van der Waals surface area contributed by atoms with Gasteiger partial charge in [-0.2, -0.15) is 13.2 Å². The summed E-state index contributed by atoms with van der Waals surface area (Å²) >= 11 is 5.78. The molecule has 2 aromatic rings. The van der Waals surface area contributed by atoms with E-state index in [0.717, 1.165) is 6.07 Å². The number of benzene rings is 1. The van der Waals surface area contributed by atoms with Crippen LogP contribution in [0.3, 0.4) is 0 Å². The van der Waals surface area contributed by atoms with Crippen LogP contribution in [0, 0.1) is 0 Å². The van der Waals surface area contributed by atoms with Crippen molar-refractivity contribution in [2.24, 2.45) is 0 Å². The Hall–Kier alpha value is -1.49. The fourth-order valence-corrected chi connectivity index (χ4v) is 1.81. The topological polar surface area (TPSA) is 22.1 Å². The molecule has 1 heterocycles. The molecule has 2 nitrogen and oxygen atoms in total. The average Bonchev–Trinajstić information content (AvgIpc) is 2.45. The van der Waals surface area contributed by atoms with Gasteiger partial charge in [-0.1, -0.05) is 32.4 Å². The van der Waals surface area contributed by atoms with Gasteiger partial charge in [0, 0.05) is 16.5 Å². The SMILES string of the molecule is CC.CCCOc1cc(C(F)(F)F)nc2cc(Cl)ccc12. The molecule has 1 aromatic heterocycles. The van der Waals surface area contributed by atoms with Gasteiger partial charge in [-0.05, 0) is 24.6 Å². The second-order valence-corrected chi connectivity index (χ2v) is 4.45. The predicted molar refractivity (Wildman–Crippen MR) is 78.9 cm³/mol. The Kier molecular flexibility index (Phi) is 6.27. The molecule has 0 saturated carbocycles. The van der Waals surface area contributed by atoms with Crippen molar-refractivity contribution < 1.29 is 17.9 Å². The van der Waals surface area contributed by atoms with Crippen LogP contribution in [-0.2, 0) is 6.18 Å². The first-order valence-electron chi connectivity index (χ1n) is 6.72. The molecule has 0 spiro atoms. The standard InChI is InChI=1S/C13H11ClF3NO.C2H6/c1-2-5-19-11-7-12(13(15,16)17)18-10-6-8(14)3-4-9(10)11;1-2/h3-4,6-7H,2,5H2,1H3;1-2H3. The summed E-state index contributed by atoms with van der Waals surface area (Å²) in [5.74, 6) is 0.177. The fourth-order valence-electron chi connectivity index (χ4n) is 1.65. The van der Waals surface area contributed by atoms with E-state index in [0.29, 0.717) is 23.4 Å². The first kappa shape index (κ1) is 17.6. The van der Waals surface area contributed by atoms with Crippen molar-refractivity contribution in [2.45, 2.75) is 33.4 Å². The van der Waals surface area contributed by atoms with Gasteiger partial charge in [0.2, 0.25) is 0 Å². The molecule has 2 rings (SSSR count). The third-order valence-corrected chi connectivity index (χ3v) is 2.72. The number of hydrogen-bond donors (Lipinski definition) is 0. The van der Waals surface area contributed by atoms with Gasteiger partial charge in [0.15, 0.2) is 0 Å². The highest BCUT2D eigenvalue weighted by molar-refractivity contribution is 6.31. The van der Waals surface area contributed by atoms with Crippen LogP contribution in [-0.4, -0.2) is 11.6 Å². The number of aromatic nitrogens is 1. The van der Waals surface area contributed by atoms with Crippen LogP contribution in [0.1, 0.15) is 32.9 Å². The number of alkyl halides is 3. The van der Waals surface area contributed by atoms with E-state index in [4.69, 9.17) is 16.3 Å². The van der Waals surface area contributed by atoms with Gasteiger partial charge in [0.05, 0.1) is 12.1 Å². The molecule has 0 fully saturated rings. The van der Waals surface area contributed by atoms with E-state index in [2.05, 4.69) is 4.98 Å². The third kappa shape index (κ3) is 4.49. The van der Waals surface area contributed by atoms with Crippen molar-refractivity contribution in [3.63, 3.8) is 0 Å². The summed E-state index contributed by atoms with van der Waals surface area (Å²) in [4.78, 5) is 3.59. The summed E-state index contributed by atoms with van der Waals surface area (Å²) in [6, 6.07) is 5.52. The Morgan fingerprint density at radius 1 is 1.19 bits per heavy atom. The Morgan fingerprint density at radius 2 is 1.86 bits per heavy atom. The molecule has 6 heteroatoms. The zero-order valence-electron chi connectivity index (χ0n) is 12.1. The van der Waals surface area contributed by atoms with Crippen molar-refractivity contribution in [1.82, 2.24) is 4.98 Å². The van der Waals surface area contributed by atoms with Gasteiger partial charge < -0.3 is 4.74 Å². The molecule has 0 amide bonds. The van der Waals surface area contributed by atoms with Gasteiger partial charge in [-0.25, -0.2) is 4.98 Å². The molecule has 21 heavy (non-hydrogen) atoms. The first-order valence-corrected chi connectivity index (χ1v) is 7.10. The van der Waals surface area contributed by atoms with Gasteiger partial charge in [-0.15, -0.1) is 0 Å². The van der Waals surface area contributed by atoms with E-state index in [1.165, 1.54) is 6.07 Å². The van der Waals surface area contributed by atoms with Crippen molar-refractivity contribution in [2.75, 3.05) is 6.61 Å². The van der Waals surface area contributed by atoms with Crippen LogP contribution in [0.25, 0.3) is 10.9 Å². The number of nitrogens with zero attached hydrogens (tertiary/aromatic N) is 1. The number of ether oxygens (including phenoxy) is 1. The molecule has 0 aliphatic rings. The first-order chi connectivity index (χ1) is 9.91. The second kappa shape index (κ2) is 7.50. The maximum Gasteiger partial charge on any atom is 0.433 e. The van der Waals surface area contributed by atoms with Crippen LogP contribution in [0.2, 0.25) is 5.02 Å². The molecule has 0 bridgehead atoms. The Labute approximate surface area is 126 Å². The lowest BCUT2D eigenvalue weighted by molar-refractivity contribution is -0.141. The van der Waals surface area contributed by atoms with E-state index in [1.54, 1.807) is 12.1 Å². The highest BCUT2D eigenvalue weighted by Crippen LogP contribution is 2.34. The number of pyridine rings is 1. The molecule has 116 valence electrons. The lowest BCUT2D eigenvalue weighted by Crippen LogP contribution is -2.09. The molecule has 0 radical (unpaired) electrons. The molecule has 0 atom stereocenters. The summed E-state index contributed by atoms with van der Waals surface area (Å²) in [6.45, 7) is 6.23. The summed E-state index contributed by atoms with van der Waals surface area (Å²) < 4.78 is 43.7. The maximum atomic E-state index is 12.8. The molecule has 0 unspecified atom stereocenters. The summed E-state index contributed by atoms with van der Waals surface area (Å²) in [5.41, 5.74) is -0.804. The molecular weight excluding hydrogens is 303 g/mol. The van der Waals surface area contributed by atoms with Crippen molar-refractivity contribution in [1.29, 1.82) is 0 Å². The van der Waals surface area contributed by atoms with E-state index in [1.807, 2.05) is 20.8 Å². The summed E-state index contributed by atoms with van der Waals surface area (Å²) in [5, 5.41) is 0.853. The van der Waals surface area contributed by atoms with Crippen LogP contribution < -0.4 is 4.74 Å².